The molecule has 0 aliphatic carbocycles. The standard InChI is InChI=1S/C87H170O17P2/c1-7-9-11-13-15-17-19-21-23-25-26-27-28-34-38-42-46-54-60-66-72-86(91)103-82(75-97-84(89)69-63-57-51-44-40-36-33-30-29-31-35-39-43-49-55-61-67-79(3)4)77-101-105(93,94)99-73-81(88)74-100-106(95,96)102-78-83(76-98-85(90)70-64-58-52-48-47-50-56-62-68-80(5)6)104-87(92)71-65-59-53-45-41-37-32-24-22-20-18-16-14-12-10-8-2/h79-83,88H,7-78H2,1-6H3,(H,93,94)(H,95,96)/t81-,82-,83-/m1/s1. The molecule has 0 aliphatic rings. The number of phosphoric acid groups is 2. The number of esters is 4. The van der Waals surface area contributed by atoms with E-state index in [0.717, 1.165) is 102 Å². The number of aliphatic hydroxyl groups excluding tert-OH is 1. The predicted octanol–water partition coefficient (Wildman–Crippen LogP) is 26.6. The van der Waals surface area contributed by atoms with Crippen LogP contribution in [-0.2, 0) is 65.4 Å². The Labute approximate surface area is 651 Å². The fourth-order valence-electron chi connectivity index (χ4n) is 13.6. The fourth-order valence-corrected chi connectivity index (χ4v) is 15.2. The summed E-state index contributed by atoms with van der Waals surface area (Å²) in [6, 6.07) is 0. The Bertz CT molecular complexity index is 2030. The van der Waals surface area contributed by atoms with E-state index in [2.05, 4.69) is 41.5 Å². The zero-order chi connectivity index (χ0) is 77.8. The van der Waals surface area contributed by atoms with E-state index in [1.165, 1.54) is 283 Å². The summed E-state index contributed by atoms with van der Waals surface area (Å²) in [6.45, 7) is 9.68. The first-order valence-corrected chi connectivity index (χ1v) is 48.0. The molecule has 0 saturated heterocycles. The maximum Gasteiger partial charge on any atom is 0.472 e. The normalized spacial score (nSPS) is 13.8. The van der Waals surface area contributed by atoms with E-state index in [-0.39, 0.29) is 25.7 Å². The Morgan fingerprint density at radius 1 is 0.255 bits per heavy atom. The molecule has 0 spiro atoms. The summed E-state index contributed by atoms with van der Waals surface area (Å²) in [5, 5.41) is 10.7. The number of aliphatic hydroxyl groups is 1. The van der Waals surface area contributed by atoms with Crippen molar-refractivity contribution >= 4 is 39.5 Å². The van der Waals surface area contributed by atoms with Crippen molar-refractivity contribution < 1.29 is 80.2 Å². The molecule has 3 N–H and O–H groups in total. The van der Waals surface area contributed by atoms with Crippen LogP contribution in [0, 0.1) is 11.8 Å². The van der Waals surface area contributed by atoms with Gasteiger partial charge in [-0.2, -0.15) is 0 Å². The van der Waals surface area contributed by atoms with Crippen molar-refractivity contribution in [3.63, 3.8) is 0 Å². The second-order valence-electron chi connectivity index (χ2n) is 32.2. The van der Waals surface area contributed by atoms with Crippen LogP contribution < -0.4 is 0 Å². The summed E-state index contributed by atoms with van der Waals surface area (Å²) in [7, 11) is -9.93. The fraction of sp³-hybridized carbons (Fsp3) is 0.954. The molecule has 0 fully saturated rings. The first kappa shape index (κ1) is 104. The van der Waals surface area contributed by atoms with Crippen LogP contribution in [0.15, 0.2) is 0 Å². The van der Waals surface area contributed by atoms with Gasteiger partial charge in [0.1, 0.15) is 19.3 Å². The molecule has 17 nitrogen and oxygen atoms in total. The van der Waals surface area contributed by atoms with Gasteiger partial charge in [-0.15, -0.1) is 0 Å². The van der Waals surface area contributed by atoms with Crippen molar-refractivity contribution in [3.8, 4) is 0 Å². The van der Waals surface area contributed by atoms with Gasteiger partial charge in [-0.25, -0.2) is 9.13 Å². The van der Waals surface area contributed by atoms with Crippen LogP contribution in [0.5, 0.6) is 0 Å². The second kappa shape index (κ2) is 78.3. The molecule has 0 bridgehead atoms. The summed E-state index contributed by atoms with van der Waals surface area (Å²) >= 11 is 0. The molecule has 0 rings (SSSR count). The molecular weight excluding hydrogens is 1380 g/mol. The lowest BCUT2D eigenvalue weighted by molar-refractivity contribution is -0.161. The minimum Gasteiger partial charge on any atom is -0.462 e. The Morgan fingerprint density at radius 3 is 0.642 bits per heavy atom. The van der Waals surface area contributed by atoms with Crippen LogP contribution in [0.4, 0.5) is 0 Å². The third-order valence-electron chi connectivity index (χ3n) is 20.5. The molecule has 5 atom stereocenters. The maximum atomic E-state index is 13.2. The van der Waals surface area contributed by atoms with Gasteiger partial charge in [-0.1, -0.05) is 414 Å². The minimum absolute atomic E-state index is 0.108. The van der Waals surface area contributed by atoms with E-state index in [1.54, 1.807) is 0 Å². The lowest BCUT2D eigenvalue weighted by atomic mass is 10.0. The second-order valence-corrected chi connectivity index (χ2v) is 35.1. The third-order valence-corrected chi connectivity index (χ3v) is 22.4. The van der Waals surface area contributed by atoms with Crippen molar-refractivity contribution in [2.45, 2.75) is 484 Å². The highest BCUT2D eigenvalue weighted by molar-refractivity contribution is 7.47. The smallest absolute Gasteiger partial charge is 0.462 e. The zero-order valence-corrected chi connectivity index (χ0v) is 71.5. The monoisotopic (exact) mass is 1550 g/mol. The largest absolute Gasteiger partial charge is 0.472 e. The van der Waals surface area contributed by atoms with Gasteiger partial charge in [-0.05, 0) is 37.5 Å². The van der Waals surface area contributed by atoms with Gasteiger partial charge in [0.25, 0.3) is 0 Å². The SMILES string of the molecule is CCCCCCCCCCCCCCCCCCCCCCC(=O)O[C@H](COC(=O)CCCCCCCCCCCCCCCCCCC(C)C)COP(=O)(O)OC[C@@H](O)COP(=O)(O)OC[C@@H](COC(=O)CCCCCCCCCCC(C)C)OC(=O)CCCCCCCCCCCCCCCCCC. The van der Waals surface area contributed by atoms with Gasteiger partial charge in [0.05, 0.1) is 26.4 Å². The summed E-state index contributed by atoms with van der Waals surface area (Å²) < 4.78 is 68.9. The number of rotatable bonds is 86. The number of hydrogen-bond acceptors (Lipinski definition) is 15. The number of unbranched alkanes of at least 4 members (excludes halogenated alkanes) is 56. The topological polar surface area (TPSA) is 237 Å². The summed E-state index contributed by atoms with van der Waals surface area (Å²) in [4.78, 5) is 73.3. The number of carbonyl (C=O) groups is 4. The van der Waals surface area contributed by atoms with Crippen molar-refractivity contribution in [1.29, 1.82) is 0 Å². The van der Waals surface area contributed by atoms with Crippen LogP contribution >= 0.6 is 15.6 Å². The van der Waals surface area contributed by atoms with Gasteiger partial charge in [0, 0.05) is 25.7 Å². The average molecular weight is 1550 g/mol. The summed E-state index contributed by atoms with van der Waals surface area (Å²) in [5.74, 6) is -0.562. The third kappa shape index (κ3) is 80.1. The van der Waals surface area contributed by atoms with E-state index in [4.69, 9.17) is 37.0 Å². The van der Waals surface area contributed by atoms with Crippen molar-refractivity contribution in [1.82, 2.24) is 0 Å². The highest BCUT2D eigenvalue weighted by atomic mass is 31.2. The molecule has 19 heteroatoms. The Balaban J connectivity index is 5.24. The first-order chi connectivity index (χ1) is 51.4. The van der Waals surface area contributed by atoms with Crippen LogP contribution in [-0.4, -0.2) is 96.7 Å². The molecule has 0 heterocycles. The van der Waals surface area contributed by atoms with Gasteiger partial charge in [0.15, 0.2) is 12.2 Å². The highest BCUT2D eigenvalue weighted by Crippen LogP contribution is 2.45. The van der Waals surface area contributed by atoms with E-state index >= 15 is 0 Å². The van der Waals surface area contributed by atoms with Crippen molar-refractivity contribution in [2.75, 3.05) is 39.6 Å². The van der Waals surface area contributed by atoms with Crippen LogP contribution in [0.2, 0.25) is 0 Å². The number of hydrogen-bond donors (Lipinski definition) is 3. The molecule has 2 unspecified atom stereocenters. The Hall–Kier alpha value is -1.94. The molecule has 0 saturated carbocycles. The molecule has 0 aromatic heterocycles. The van der Waals surface area contributed by atoms with Gasteiger partial charge >= 0.3 is 39.5 Å². The lowest BCUT2D eigenvalue weighted by Gasteiger charge is -2.21. The predicted molar refractivity (Wildman–Crippen MR) is 437 cm³/mol. The van der Waals surface area contributed by atoms with E-state index in [9.17, 15) is 43.2 Å². The molecule has 0 radical (unpaired) electrons. The summed E-state index contributed by atoms with van der Waals surface area (Å²) in [5.41, 5.74) is 0. The molecule has 0 aromatic rings. The molecule has 0 aliphatic heterocycles. The number of phosphoric ester groups is 2. The van der Waals surface area contributed by atoms with Gasteiger partial charge < -0.3 is 33.8 Å². The van der Waals surface area contributed by atoms with Gasteiger partial charge in [0.2, 0.25) is 0 Å². The van der Waals surface area contributed by atoms with Gasteiger partial charge in [-0.3, -0.25) is 37.3 Å². The van der Waals surface area contributed by atoms with Crippen molar-refractivity contribution in [2.24, 2.45) is 11.8 Å². The van der Waals surface area contributed by atoms with Crippen LogP contribution in [0.3, 0.4) is 0 Å². The maximum absolute atomic E-state index is 13.2. The molecule has 0 amide bonds. The average Bonchev–Trinajstić information content (AvgIpc) is 0.904. The van der Waals surface area contributed by atoms with Crippen LogP contribution in [0.1, 0.15) is 465 Å². The molecular formula is C87H170O17P2. The Morgan fingerprint density at radius 2 is 0.434 bits per heavy atom. The number of carbonyl (C=O) groups excluding carboxylic acids is 4. The molecule has 0 aromatic carbocycles. The minimum atomic E-state index is -4.97. The summed E-state index contributed by atoms with van der Waals surface area (Å²) in [6.07, 6.45) is 70.9. The van der Waals surface area contributed by atoms with E-state index in [1.807, 2.05) is 0 Å². The molecule has 106 heavy (non-hydrogen) atoms. The highest BCUT2D eigenvalue weighted by Gasteiger charge is 2.30. The van der Waals surface area contributed by atoms with E-state index in [0.29, 0.717) is 25.7 Å². The lowest BCUT2D eigenvalue weighted by Crippen LogP contribution is -2.30. The van der Waals surface area contributed by atoms with E-state index < -0.39 is 97.5 Å². The molecule has 630 valence electrons. The quantitative estimate of drug-likeness (QED) is 0.0222. The zero-order valence-electron chi connectivity index (χ0n) is 69.7. The Kier molecular flexibility index (Phi) is 76.9. The van der Waals surface area contributed by atoms with Crippen molar-refractivity contribution in [3.05, 3.63) is 0 Å². The van der Waals surface area contributed by atoms with Crippen LogP contribution in [0.25, 0.3) is 0 Å². The number of ether oxygens (including phenoxy) is 4. The first-order valence-electron chi connectivity index (χ1n) is 45.0.